The van der Waals surface area contributed by atoms with E-state index in [0.717, 1.165) is 6.42 Å². The molecule has 1 rings (SSSR count). The lowest BCUT2D eigenvalue weighted by Gasteiger charge is -2.32. The van der Waals surface area contributed by atoms with E-state index < -0.39 is 0 Å². The van der Waals surface area contributed by atoms with Crippen LogP contribution in [0.1, 0.15) is 59.8 Å². The van der Waals surface area contributed by atoms with Gasteiger partial charge in [0.2, 0.25) is 0 Å². The van der Waals surface area contributed by atoms with E-state index in [1.54, 1.807) is 5.57 Å². The van der Waals surface area contributed by atoms with Crippen molar-refractivity contribution in [2.45, 2.75) is 59.8 Å². The van der Waals surface area contributed by atoms with Crippen molar-refractivity contribution < 1.29 is 5.11 Å². The molecule has 1 fully saturated rings. The standard InChI is InChI=1S/C14H26O/c1-13(2)8-5-6-12(10-13)7-9-14(3,4)11-15/h7,15H,5-6,8-11H2,1-4H3/b12-7-. The van der Waals surface area contributed by atoms with Gasteiger partial charge in [0.05, 0.1) is 0 Å². The highest BCUT2D eigenvalue weighted by Crippen LogP contribution is 2.38. The molecule has 15 heavy (non-hydrogen) atoms. The van der Waals surface area contributed by atoms with Crippen LogP contribution in [0.4, 0.5) is 0 Å². The maximum atomic E-state index is 9.20. The molecule has 0 amide bonds. The highest BCUT2D eigenvalue weighted by molar-refractivity contribution is 5.09. The fourth-order valence-corrected chi connectivity index (χ4v) is 2.24. The molecule has 0 unspecified atom stereocenters. The number of rotatable bonds is 3. The molecule has 1 aliphatic carbocycles. The Kier molecular flexibility index (Phi) is 3.99. The van der Waals surface area contributed by atoms with Gasteiger partial charge in [0.15, 0.2) is 0 Å². The molecule has 0 saturated heterocycles. The molecule has 88 valence electrons. The molecular formula is C14H26O. The first-order valence-electron chi connectivity index (χ1n) is 6.13. The summed E-state index contributed by atoms with van der Waals surface area (Å²) in [6.45, 7) is 9.24. The van der Waals surface area contributed by atoms with Gasteiger partial charge in [0.25, 0.3) is 0 Å². The summed E-state index contributed by atoms with van der Waals surface area (Å²) in [6, 6.07) is 0. The molecule has 0 aromatic carbocycles. The summed E-state index contributed by atoms with van der Waals surface area (Å²) in [6.07, 6.45) is 8.58. The Morgan fingerprint density at radius 1 is 1.40 bits per heavy atom. The first-order valence-corrected chi connectivity index (χ1v) is 6.13. The van der Waals surface area contributed by atoms with E-state index in [-0.39, 0.29) is 12.0 Å². The molecule has 0 aliphatic heterocycles. The van der Waals surface area contributed by atoms with Gasteiger partial charge >= 0.3 is 0 Å². The molecule has 1 heteroatoms. The van der Waals surface area contributed by atoms with Crippen molar-refractivity contribution in [2.75, 3.05) is 6.61 Å². The summed E-state index contributed by atoms with van der Waals surface area (Å²) in [5.74, 6) is 0. The quantitative estimate of drug-likeness (QED) is 0.700. The van der Waals surface area contributed by atoms with Crippen molar-refractivity contribution in [3.8, 4) is 0 Å². The van der Waals surface area contributed by atoms with E-state index in [9.17, 15) is 5.11 Å². The first kappa shape index (κ1) is 12.8. The second kappa shape index (κ2) is 4.69. The van der Waals surface area contributed by atoms with Crippen molar-refractivity contribution in [3.63, 3.8) is 0 Å². The van der Waals surface area contributed by atoms with Crippen LogP contribution < -0.4 is 0 Å². The Morgan fingerprint density at radius 3 is 2.60 bits per heavy atom. The smallest absolute Gasteiger partial charge is 0.0485 e. The second-order valence-corrected chi connectivity index (χ2v) is 6.58. The predicted molar refractivity (Wildman–Crippen MR) is 65.8 cm³/mol. The summed E-state index contributed by atoms with van der Waals surface area (Å²) in [4.78, 5) is 0. The minimum absolute atomic E-state index is 0.0502. The highest BCUT2D eigenvalue weighted by Gasteiger charge is 2.24. The lowest BCUT2D eigenvalue weighted by molar-refractivity contribution is 0.161. The Hall–Kier alpha value is -0.300. The van der Waals surface area contributed by atoms with E-state index in [4.69, 9.17) is 0 Å². The van der Waals surface area contributed by atoms with Crippen LogP contribution in [0.3, 0.4) is 0 Å². The number of aliphatic hydroxyl groups excluding tert-OH is 1. The Morgan fingerprint density at radius 2 is 2.07 bits per heavy atom. The summed E-state index contributed by atoms with van der Waals surface area (Å²) < 4.78 is 0. The van der Waals surface area contributed by atoms with Gasteiger partial charge in [-0.15, -0.1) is 0 Å². The van der Waals surface area contributed by atoms with Crippen molar-refractivity contribution in [3.05, 3.63) is 11.6 Å². The van der Waals surface area contributed by atoms with E-state index in [2.05, 4.69) is 33.8 Å². The lowest BCUT2D eigenvalue weighted by Crippen LogP contribution is -2.19. The molecule has 1 nitrogen and oxygen atoms in total. The molecular weight excluding hydrogens is 184 g/mol. The van der Waals surface area contributed by atoms with Crippen molar-refractivity contribution in [1.29, 1.82) is 0 Å². The molecule has 1 aliphatic rings. The predicted octanol–water partition coefficient (Wildman–Crippen LogP) is 3.92. The number of allylic oxidation sites excluding steroid dienone is 2. The van der Waals surface area contributed by atoms with Crippen LogP contribution in [-0.2, 0) is 0 Å². The molecule has 0 aromatic rings. The molecule has 0 aromatic heterocycles. The Labute approximate surface area is 94.6 Å². The van der Waals surface area contributed by atoms with E-state index >= 15 is 0 Å². The van der Waals surface area contributed by atoms with Crippen LogP contribution in [0, 0.1) is 10.8 Å². The molecule has 0 radical (unpaired) electrons. The maximum absolute atomic E-state index is 9.20. The first-order chi connectivity index (χ1) is 6.85. The van der Waals surface area contributed by atoms with Gasteiger partial charge in [-0.1, -0.05) is 39.3 Å². The van der Waals surface area contributed by atoms with E-state index in [0.29, 0.717) is 5.41 Å². The van der Waals surface area contributed by atoms with Crippen LogP contribution in [0.15, 0.2) is 11.6 Å². The largest absolute Gasteiger partial charge is 0.396 e. The van der Waals surface area contributed by atoms with Gasteiger partial charge in [0, 0.05) is 6.61 Å². The third kappa shape index (κ3) is 4.38. The minimum Gasteiger partial charge on any atom is -0.396 e. The van der Waals surface area contributed by atoms with Gasteiger partial charge in [-0.25, -0.2) is 0 Å². The molecule has 0 atom stereocenters. The second-order valence-electron chi connectivity index (χ2n) is 6.58. The average molecular weight is 210 g/mol. The van der Waals surface area contributed by atoms with Gasteiger partial charge in [-0.3, -0.25) is 0 Å². The summed E-state index contributed by atoms with van der Waals surface area (Å²) >= 11 is 0. The lowest BCUT2D eigenvalue weighted by atomic mass is 9.74. The molecule has 0 spiro atoms. The fourth-order valence-electron chi connectivity index (χ4n) is 2.24. The normalized spacial score (nSPS) is 24.5. The monoisotopic (exact) mass is 210 g/mol. The van der Waals surface area contributed by atoms with Crippen LogP contribution in [-0.4, -0.2) is 11.7 Å². The zero-order valence-electron chi connectivity index (χ0n) is 10.8. The fraction of sp³-hybridized carbons (Fsp3) is 0.857. The molecule has 0 heterocycles. The third-order valence-electron chi connectivity index (χ3n) is 3.43. The third-order valence-corrected chi connectivity index (χ3v) is 3.43. The SMILES string of the molecule is CC(C)(CO)C/C=C1/CCCC(C)(C)C1. The van der Waals surface area contributed by atoms with E-state index in [1.807, 2.05) is 0 Å². The van der Waals surface area contributed by atoms with Crippen LogP contribution in [0.25, 0.3) is 0 Å². The van der Waals surface area contributed by atoms with Crippen LogP contribution in [0.2, 0.25) is 0 Å². The van der Waals surface area contributed by atoms with Gasteiger partial charge in [0.1, 0.15) is 0 Å². The summed E-state index contributed by atoms with van der Waals surface area (Å²) in [5, 5.41) is 9.20. The topological polar surface area (TPSA) is 20.2 Å². The highest BCUT2D eigenvalue weighted by atomic mass is 16.3. The maximum Gasteiger partial charge on any atom is 0.0485 e. The zero-order valence-corrected chi connectivity index (χ0v) is 10.8. The Balaban J connectivity index is 2.53. The zero-order chi connectivity index (χ0) is 11.5. The van der Waals surface area contributed by atoms with Gasteiger partial charge in [-0.2, -0.15) is 0 Å². The van der Waals surface area contributed by atoms with E-state index in [1.165, 1.54) is 25.7 Å². The van der Waals surface area contributed by atoms with Crippen molar-refractivity contribution >= 4 is 0 Å². The molecule has 1 saturated carbocycles. The van der Waals surface area contributed by atoms with Crippen molar-refractivity contribution in [2.24, 2.45) is 10.8 Å². The Bertz CT molecular complexity index is 236. The molecule has 1 N–H and O–H groups in total. The van der Waals surface area contributed by atoms with Crippen molar-refractivity contribution in [1.82, 2.24) is 0 Å². The van der Waals surface area contributed by atoms with Gasteiger partial charge in [-0.05, 0) is 42.9 Å². The number of hydrogen-bond acceptors (Lipinski definition) is 1. The molecule has 0 bridgehead atoms. The number of aliphatic hydroxyl groups is 1. The van der Waals surface area contributed by atoms with Gasteiger partial charge < -0.3 is 5.11 Å². The van der Waals surface area contributed by atoms with Crippen LogP contribution in [0.5, 0.6) is 0 Å². The summed E-state index contributed by atoms with van der Waals surface area (Å²) in [5.41, 5.74) is 2.15. The summed E-state index contributed by atoms with van der Waals surface area (Å²) in [7, 11) is 0. The average Bonchev–Trinajstić information content (AvgIpc) is 2.14. The number of hydrogen-bond donors (Lipinski definition) is 1. The minimum atomic E-state index is 0.0502. The van der Waals surface area contributed by atoms with Crippen LogP contribution >= 0.6 is 0 Å².